The predicted octanol–water partition coefficient (Wildman–Crippen LogP) is 4.37. The predicted molar refractivity (Wildman–Crippen MR) is 100 cm³/mol. The zero-order valence-corrected chi connectivity index (χ0v) is 15.8. The van der Waals surface area contributed by atoms with E-state index in [0.29, 0.717) is 4.88 Å². The number of nitro benzene ring substituents is 1. The fourth-order valence-corrected chi connectivity index (χ4v) is 3.43. The number of ether oxygens (including phenoxy) is 1. The van der Waals surface area contributed by atoms with Gasteiger partial charge in [-0.3, -0.25) is 14.9 Å². The lowest BCUT2D eigenvalue weighted by molar-refractivity contribution is -0.384. The molecule has 0 fully saturated rings. The number of nitrogens with one attached hydrogen (secondary N) is 1. The number of hydrogen-bond donors (Lipinski definition) is 1. The molecule has 0 unspecified atom stereocenters. The number of carbonyl (C=O) groups is 2. The lowest BCUT2D eigenvalue weighted by Crippen LogP contribution is -2.20. The molecule has 0 aliphatic rings. The van der Waals surface area contributed by atoms with Gasteiger partial charge < -0.3 is 10.1 Å². The molecule has 0 aliphatic carbocycles. The molecule has 0 aliphatic heterocycles. The van der Waals surface area contributed by atoms with Gasteiger partial charge in [0.05, 0.1) is 15.6 Å². The Bertz CT molecular complexity index is 850. The highest BCUT2D eigenvalue weighted by atomic mass is 35.5. The SMILES string of the molecule is CCCc1cc(C(=O)OCC(=O)Nc2ccc([N+](=O)[O-])cc2Cl)sc1C. The number of benzene rings is 1. The summed E-state index contributed by atoms with van der Waals surface area (Å²) in [6.45, 7) is 3.52. The van der Waals surface area contributed by atoms with Crippen LogP contribution in [0.25, 0.3) is 0 Å². The van der Waals surface area contributed by atoms with E-state index >= 15 is 0 Å². The van der Waals surface area contributed by atoms with Crippen LogP contribution in [0, 0.1) is 17.0 Å². The number of non-ortho nitro benzene ring substituents is 1. The molecule has 1 aromatic carbocycles. The van der Waals surface area contributed by atoms with Crippen LogP contribution in [0.2, 0.25) is 5.02 Å². The van der Waals surface area contributed by atoms with Crippen molar-refractivity contribution < 1.29 is 19.2 Å². The number of nitro groups is 1. The Hall–Kier alpha value is -2.45. The van der Waals surface area contributed by atoms with Gasteiger partial charge in [-0.1, -0.05) is 24.9 Å². The molecule has 0 saturated carbocycles. The molecule has 0 spiro atoms. The largest absolute Gasteiger partial charge is 0.451 e. The zero-order valence-electron chi connectivity index (χ0n) is 14.2. The monoisotopic (exact) mass is 396 g/mol. The molecule has 1 heterocycles. The molecule has 9 heteroatoms. The normalized spacial score (nSPS) is 10.4. The van der Waals surface area contributed by atoms with E-state index in [1.807, 2.05) is 6.92 Å². The Morgan fingerprint density at radius 1 is 1.35 bits per heavy atom. The van der Waals surface area contributed by atoms with Gasteiger partial charge in [-0.05, 0) is 31.0 Å². The van der Waals surface area contributed by atoms with Crippen LogP contribution in [0.3, 0.4) is 0 Å². The van der Waals surface area contributed by atoms with Crippen molar-refractivity contribution in [1.29, 1.82) is 0 Å². The van der Waals surface area contributed by atoms with Crippen molar-refractivity contribution in [1.82, 2.24) is 0 Å². The maximum atomic E-state index is 12.1. The average molecular weight is 397 g/mol. The molecule has 0 radical (unpaired) electrons. The standard InChI is InChI=1S/C17H17ClN2O5S/c1-3-4-11-7-15(26-10(11)2)17(22)25-9-16(21)19-14-6-5-12(20(23)24)8-13(14)18/h5-8H,3-4,9H2,1-2H3,(H,19,21). The maximum absolute atomic E-state index is 12.1. The van der Waals surface area contributed by atoms with Gasteiger partial charge in [-0.2, -0.15) is 0 Å². The van der Waals surface area contributed by atoms with Crippen LogP contribution in [0.5, 0.6) is 0 Å². The number of anilines is 1. The van der Waals surface area contributed by atoms with Crippen molar-refractivity contribution >= 4 is 46.2 Å². The second-order valence-electron chi connectivity index (χ2n) is 5.49. The number of halogens is 1. The number of esters is 1. The first-order valence-corrected chi connectivity index (χ1v) is 9.01. The minimum absolute atomic E-state index is 0.0250. The Labute approximate surface area is 159 Å². The maximum Gasteiger partial charge on any atom is 0.348 e. The van der Waals surface area contributed by atoms with Crippen LogP contribution in [-0.2, 0) is 16.0 Å². The molecular formula is C17H17ClN2O5S. The van der Waals surface area contributed by atoms with Crippen LogP contribution in [0.4, 0.5) is 11.4 Å². The van der Waals surface area contributed by atoms with E-state index in [4.69, 9.17) is 16.3 Å². The van der Waals surface area contributed by atoms with Gasteiger partial charge in [0.2, 0.25) is 0 Å². The van der Waals surface area contributed by atoms with Crippen molar-refractivity contribution in [3.8, 4) is 0 Å². The van der Waals surface area contributed by atoms with Crippen molar-refractivity contribution in [3.63, 3.8) is 0 Å². The third kappa shape index (κ3) is 5.03. The van der Waals surface area contributed by atoms with Gasteiger partial charge in [0.1, 0.15) is 4.88 Å². The van der Waals surface area contributed by atoms with E-state index in [-0.39, 0.29) is 16.4 Å². The van der Waals surface area contributed by atoms with Crippen LogP contribution in [0.1, 0.15) is 33.5 Å². The van der Waals surface area contributed by atoms with Crippen LogP contribution >= 0.6 is 22.9 Å². The van der Waals surface area contributed by atoms with Gasteiger partial charge >= 0.3 is 5.97 Å². The summed E-state index contributed by atoms with van der Waals surface area (Å²) in [4.78, 5) is 35.6. The van der Waals surface area contributed by atoms with Crippen LogP contribution in [0.15, 0.2) is 24.3 Å². The van der Waals surface area contributed by atoms with Crippen molar-refractivity contribution in [2.75, 3.05) is 11.9 Å². The lowest BCUT2D eigenvalue weighted by atomic mass is 10.1. The molecular weight excluding hydrogens is 380 g/mol. The fourth-order valence-electron chi connectivity index (χ4n) is 2.25. The number of aryl methyl sites for hydroxylation is 2. The molecule has 1 N–H and O–H groups in total. The summed E-state index contributed by atoms with van der Waals surface area (Å²) in [5.74, 6) is -1.15. The Morgan fingerprint density at radius 2 is 2.08 bits per heavy atom. The molecule has 138 valence electrons. The van der Waals surface area contributed by atoms with Gasteiger partial charge in [0, 0.05) is 17.0 Å². The molecule has 2 aromatic rings. The van der Waals surface area contributed by atoms with E-state index in [1.54, 1.807) is 6.07 Å². The third-order valence-corrected chi connectivity index (χ3v) is 4.90. The van der Waals surface area contributed by atoms with Gasteiger partial charge in [0.25, 0.3) is 11.6 Å². The summed E-state index contributed by atoms with van der Waals surface area (Å²) in [6.07, 6.45) is 1.86. The van der Waals surface area contributed by atoms with Crippen molar-refractivity contribution in [2.45, 2.75) is 26.7 Å². The van der Waals surface area contributed by atoms with E-state index in [9.17, 15) is 19.7 Å². The van der Waals surface area contributed by atoms with E-state index in [1.165, 1.54) is 23.5 Å². The minimum atomic E-state index is -0.588. The zero-order chi connectivity index (χ0) is 19.3. The quantitative estimate of drug-likeness (QED) is 0.425. The first-order valence-electron chi connectivity index (χ1n) is 7.82. The summed E-state index contributed by atoms with van der Waals surface area (Å²) in [6, 6.07) is 5.46. The molecule has 0 bridgehead atoms. The topological polar surface area (TPSA) is 98.5 Å². The highest BCUT2D eigenvalue weighted by Gasteiger charge is 2.16. The molecule has 0 saturated heterocycles. The number of thiophene rings is 1. The minimum Gasteiger partial charge on any atom is -0.451 e. The van der Waals surface area contributed by atoms with E-state index < -0.39 is 23.4 Å². The summed E-state index contributed by atoms with van der Waals surface area (Å²) in [7, 11) is 0. The molecule has 7 nitrogen and oxygen atoms in total. The molecule has 2 rings (SSSR count). The molecule has 1 aromatic heterocycles. The first-order chi connectivity index (χ1) is 12.3. The van der Waals surface area contributed by atoms with E-state index in [2.05, 4.69) is 12.2 Å². The highest BCUT2D eigenvalue weighted by molar-refractivity contribution is 7.14. The number of rotatable bonds is 7. The van der Waals surface area contributed by atoms with Gasteiger partial charge in [-0.15, -0.1) is 11.3 Å². The van der Waals surface area contributed by atoms with Crippen molar-refractivity contribution in [3.05, 3.63) is 54.7 Å². The average Bonchev–Trinajstić information content (AvgIpc) is 2.95. The summed E-state index contributed by atoms with van der Waals surface area (Å²) in [5.41, 5.74) is 1.12. The Balaban J connectivity index is 1.93. The van der Waals surface area contributed by atoms with Crippen LogP contribution in [-0.4, -0.2) is 23.4 Å². The lowest BCUT2D eigenvalue weighted by Gasteiger charge is -2.07. The summed E-state index contributed by atoms with van der Waals surface area (Å²) in [5, 5.41) is 13.1. The fraction of sp³-hybridized carbons (Fsp3) is 0.294. The molecule has 1 amide bonds. The van der Waals surface area contributed by atoms with Crippen LogP contribution < -0.4 is 5.32 Å². The number of hydrogen-bond acceptors (Lipinski definition) is 6. The molecule has 26 heavy (non-hydrogen) atoms. The second-order valence-corrected chi connectivity index (χ2v) is 7.15. The first kappa shape index (κ1) is 19.9. The summed E-state index contributed by atoms with van der Waals surface area (Å²) >= 11 is 7.23. The Morgan fingerprint density at radius 3 is 2.69 bits per heavy atom. The highest BCUT2D eigenvalue weighted by Crippen LogP contribution is 2.27. The van der Waals surface area contributed by atoms with Gasteiger partial charge in [0.15, 0.2) is 6.61 Å². The van der Waals surface area contributed by atoms with Crippen molar-refractivity contribution in [2.24, 2.45) is 0 Å². The van der Waals surface area contributed by atoms with Gasteiger partial charge in [-0.25, -0.2) is 4.79 Å². The summed E-state index contributed by atoms with van der Waals surface area (Å²) < 4.78 is 5.02. The third-order valence-electron chi connectivity index (χ3n) is 3.51. The number of nitrogens with zero attached hydrogens (tertiary/aromatic N) is 1. The Kier molecular flexibility index (Phi) is 6.70. The smallest absolute Gasteiger partial charge is 0.348 e. The number of amides is 1. The second kappa shape index (κ2) is 8.77. The number of carbonyl (C=O) groups excluding carboxylic acids is 2. The molecule has 0 atom stereocenters. The van der Waals surface area contributed by atoms with E-state index in [0.717, 1.165) is 29.3 Å².